The van der Waals surface area contributed by atoms with Crippen LogP contribution in [0.1, 0.15) is 33.3 Å². The SMILES string of the molecule is CN(CC(=O)N1N=C(c2ccccc2F)CC1c1cccs1)C(=O)c1cccc(F)c1. The van der Waals surface area contributed by atoms with Crippen LogP contribution >= 0.6 is 11.3 Å². The Labute approximate surface area is 182 Å². The molecule has 3 aromatic rings. The van der Waals surface area contributed by atoms with E-state index in [2.05, 4.69) is 5.10 Å². The van der Waals surface area contributed by atoms with Gasteiger partial charge in [-0.15, -0.1) is 11.3 Å². The van der Waals surface area contributed by atoms with E-state index < -0.39 is 23.4 Å². The first kappa shape index (κ1) is 20.9. The molecule has 1 aliphatic rings. The van der Waals surface area contributed by atoms with Crippen molar-refractivity contribution in [1.29, 1.82) is 0 Å². The molecular weight excluding hydrogens is 420 g/mol. The average Bonchev–Trinajstić information content (AvgIpc) is 3.43. The molecule has 0 aliphatic carbocycles. The standard InChI is InChI=1S/C23H19F2N3O2S/c1-27(23(30)15-6-4-7-16(24)12-15)14-22(29)28-20(21-10-5-11-31-21)13-19(26-28)17-8-2-3-9-18(17)25/h2-12,20H,13-14H2,1H3. The van der Waals surface area contributed by atoms with Crippen LogP contribution in [0, 0.1) is 11.6 Å². The minimum Gasteiger partial charge on any atom is -0.332 e. The molecule has 31 heavy (non-hydrogen) atoms. The van der Waals surface area contributed by atoms with Crippen molar-refractivity contribution < 1.29 is 18.4 Å². The zero-order valence-corrected chi connectivity index (χ0v) is 17.5. The van der Waals surface area contributed by atoms with Gasteiger partial charge in [0, 0.05) is 29.5 Å². The summed E-state index contributed by atoms with van der Waals surface area (Å²) >= 11 is 1.48. The molecule has 0 bridgehead atoms. The predicted octanol–water partition coefficient (Wildman–Crippen LogP) is 4.48. The maximum atomic E-state index is 14.3. The Hall–Kier alpha value is -3.39. The van der Waals surface area contributed by atoms with Gasteiger partial charge in [-0.3, -0.25) is 9.59 Å². The van der Waals surface area contributed by atoms with E-state index in [0.717, 1.165) is 10.9 Å². The molecule has 1 aliphatic heterocycles. The Balaban J connectivity index is 1.57. The topological polar surface area (TPSA) is 53.0 Å². The van der Waals surface area contributed by atoms with Gasteiger partial charge in [0.2, 0.25) is 0 Å². The highest BCUT2D eigenvalue weighted by Crippen LogP contribution is 2.35. The molecule has 2 aromatic carbocycles. The van der Waals surface area contributed by atoms with Crippen LogP contribution in [-0.2, 0) is 4.79 Å². The average molecular weight is 439 g/mol. The van der Waals surface area contributed by atoms with Crippen LogP contribution in [0.4, 0.5) is 8.78 Å². The van der Waals surface area contributed by atoms with Crippen LogP contribution in [0.2, 0.25) is 0 Å². The molecule has 0 N–H and O–H groups in total. The summed E-state index contributed by atoms with van der Waals surface area (Å²) in [7, 11) is 1.48. The molecule has 5 nitrogen and oxygen atoms in total. The summed E-state index contributed by atoms with van der Waals surface area (Å²) in [5.74, 6) is -1.81. The number of benzene rings is 2. The summed E-state index contributed by atoms with van der Waals surface area (Å²) in [5, 5.41) is 7.65. The van der Waals surface area contributed by atoms with Crippen LogP contribution in [0.25, 0.3) is 0 Å². The number of amides is 2. The summed E-state index contributed by atoms with van der Waals surface area (Å²) in [5.41, 5.74) is 0.981. The Morgan fingerprint density at radius 3 is 2.65 bits per heavy atom. The fourth-order valence-corrected chi connectivity index (χ4v) is 4.30. The Kier molecular flexibility index (Phi) is 5.90. The number of nitrogens with zero attached hydrogens (tertiary/aromatic N) is 3. The highest BCUT2D eigenvalue weighted by Gasteiger charge is 2.35. The maximum absolute atomic E-state index is 14.3. The van der Waals surface area contributed by atoms with Crippen LogP contribution < -0.4 is 0 Å². The molecule has 0 saturated carbocycles. The van der Waals surface area contributed by atoms with E-state index in [9.17, 15) is 18.4 Å². The van der Waals surface area contributed by atoms with Gasteiger partial charge in [-0.2, -0.15) is 5.10 Å². The fourth-order valence-electron chi connectivity index (χ4n) is 3.49. The molecule has 4 rings (SSSR count). The minimum atomic E-state index is -0.526. The van der Waals surface area contributed by atoms with Gasteiger partial charge in [-0.25, -0.2) is 13.8 Å². The van der Waals surface area contributed by atoms with Crippen molar-refractivity contribution in [2.24, 2.45) is 5.10 Å². The third kappa shape index (κ3) is 4.39. The molecule has 1 aromatic heterocycles. The summed E-state index contributed by atoms with van der Waals surface area (Å²) in [6, 6.07) is 15.0. The van der Waals surface area contributed by atoms with E-state index in [1.54, 1.807) is 18.2 Å². The third-order valence-electron chi connectivity index (χ3n) is 5.01. The van der Waals surface area contributed by atoms with E-state index in [-0.39, 0.29) is 18.2 Å². The molecule has 0 fully saturated rings. The number of hydrogen-bond acceptors (Lipinski definition) is 4. The van der Waals surface area contributed by atoms with Gasteiger partial charge in [-0.1, -0.05) is 30.3 Å². The van der Waals surface area contributed by atoms with E-state index >= 15 is 0 Å². The molecule has 2 amide bonds. The van der Waals surface area contributed by atoms with Crippen molar-refractivity contribution in [1.82, 2.24) is 9.91 Å². The number of rotatable bonds is 5. The lowest BCUT2D eigenvalue weighted by Crippen LogP contribution is -2.39. The Morgan fingerprint density at radius 1 is 1.13 bits per heavy atom. The second kappa shape index (κ2) is 8.77. The minimum absolute atomic E-state index is 0.155. The van der Waals surface area contributed by atoms with Crippen LogP contribution in [-0.4, -0.2) is 41.0 Å². The van der Waals surface area contributed by atoms with Crippen molar-refractivity contribution in [3.63, 3.8) is 0 Å². The lowest BCUT2D eigenvalue weighted by molar-refractivity contribution is -0.133. The zero-order valence-electron chi connectivity index (χ0n) is 16.7. The van der Waals surface area contributed by atoms with Gasteiger partial charge in [0.15, 0.2) is 0 Å². The zero-order chi connectivity index (χ0) is 22.0. The van der Waals surface area contributed by atoms with Crippen molar-refractivity contribution in [2.45, 2.75) is 12.5 Å². The smallest absolute Gasteiger partial charge is 0.262 e. The molecule has 0 saturated heterocycles. The molecular formula is C23H19F2N3O2S. The number of carbonyl (C=O) groups is 2. The molecule has 8 heteroatoms. The summed E-state index contributed by atoms with van der Waals surface area (Å²) < 4.78 is 27.8. The molecule has 1 atom stereocenters. The van der Waals surface area contributed by atoms with E-state index in [0.29, 0.717) is 17.7 Å². The molecule has 0 spiro atoms. The quantitative estimate of drug-likeness (QED) is 0.589. The molecule has 158 valence electrons. The predicted molar refractivity (Wildman–Crippen MR) is 115 cm³/mol. The van der Waals surface area contributed by atoms with Crippen LogP contribution in [0.3, 0.4) is 0 Å². The van der Waals surface area contributed by atoms with Crippen molar-refractivity contribution in [3.8, 4) is 0 Å². The van der Waals surface area contributed by atoms with Crippen molar-refractivity contribution in [3.05, 3.63) is 93.7 Å². The van der Waals surface area contributed by atoms with Crippen LogP contribution in [0.15, 0.2) is 71.1 Å². The molecule has 1 unspecified atom stereocenters. The normalized spacial score (nSPS) is 15.6. The lowest BCUT2D eigenvalue weighted by atomic mass is 10.0. The van der Waals surface area contributed by atoms with Gasteiger partial charge in [0.05, 0.1) is 11.8 Å². The second-order valence-corrected chi connectivity index (χ2v) is 8.15. The van der Waals surface area contributed by atoms with Gasteiger partial charge < -0.3 is 4.90 Å². The molecule has 0 radical (unpaired) electrons. The summed E-state index contributed by atoms with van der Waals surface area (Å²) in [6.07, 6.45) is 0.370. The number of thiophene rings is 1. The Morgan fingerprint density at radius 2 is 1.94 bits per heavy atom. The third-order valence-corrected chi connectivity index (χ3v) is 5.99. The first-order valence-electron chi connectivity index (χ1n) is 9.63. The largest absolute Gasteiger partial charge is 0.332 e. The first-order chi connectivity index (χ1) is 14.9. The maximum Gasteiger partial charge on any atom is 0.262 e. The van der Waals surface area contributed by atoms with Gasteiger partial charge in [0.1, 0.15) is 18.2 Å². The number of hydrazone groups is 1. The van der Waals surface area contributed by atoms with Crippen molar-refractivity contribution in [2.75, 3.05) is 13.6 Å². The second-order valence-electron chi connectivity index (χ2n) is 7.17. The number of hydrogen-bond donors (Lipinski definition) is 0. The van der Waals surface area contributed by atoms with Crippen LogP contribution in [0.5, 0.6) is 0 Å². The van der Waals surface area contributed by atoms with Crippen molar-refractivity contribution >= 4 is 28.9 Å². The van der Waals surface area contributed by atoms with E-state index in [1.165, 1.54) is 52.6 Å². The number of likely N-dealkylation sites (N-methyl/N-ethyl adjacent to an activating group) is 1. The number of carbonyl (C=O) groups excluding carboxylic acids is 2. The fraction of sp³-hybridized carbons (Fsp3) is 0.174. The van der Waals surface area contributed by atoms with Gasteiger partial charge in [-0.05, 0) is 35.7 Å². The summed E-state index contributed by atoms with van der Waals surface area (Å²) in [4.78, 5) is 27.8. The lowest BCUT2D eigenvalue weighted by Gasteiger charge is -2.24. The van der Waals surface area contributed by atoms with Gasteiger partial charge in [0.25, 0.3) is 11.8 Å². The summed E-state index contributed by atoms with van der Waals surface area (Å²) in [6.45, 7) is -0.245. The van der Waals surface area contributed by atoms with Gasteiger partial charge >= 0.3 is 0 Å². The van der Waals surface area contributed by atoms with E-state index in [4.69, 9.17) is 0 Å². The van der Waals surface area contributed by atoms with E-state index in [1.807, 2.05) is 17.5 Å². The Bertz CT molecular complexity index is 1150. The monoisotopic (exact) mass is 439 g/mol. The number of halogens is 2. The highest BCUT2D eigenvalue weighted by atomic mass is 32.1. The first-order valence-corrected chi connectivity index (χ1v) is 10.5. The highest BCUT2D eigenvalue weighted by molar-refractivity contribution is 7.10. The molecule has 2 heterocycles.